The number of amides is 1. The zero-order chi connectivity index (χ0) is 18.9. The lowest BCUT2D eigenvalue weighted by molar-refractivity contribution is -0.143. The van der Waals surface area contributed by atoms with Gasteiger partial charge in [0.25, 0.3) is 0 Å². The number of halogens is 3. The van der Waals surface area contributed by atoms with Crippen LogP contribution in [-0.4, -0.2) is 80.4 Å². The van der Waals surface area contributed by atoms with Gasteiger partial charge in [-0.05, 0) is 39.8 Å². The molecule has 25 heavy (non-hydrogen) atoms. The molecule has 1 rings (SSSR count). The van der Waals surface area contributed by atoms with E-state index in [-0.39, 0.29) is 18.1 Å². The Labute approximate surface area is 146 Å². The van der Waals surface area contributed by atoms with Crippen LogP contribution >= 0.6 is 0 Å². The number of guanidine groups is 1. The highest BCUT2D eigenvalue weighted by Crippen LogP contribution is 2.15. The first-order valence-corrected chi connectivity index (χ1v) is 8.44. The zero-order valence-electron chi connectivity index (χ0n) is 14.8. The van der Waals surface area contributed by atoms with Crippen LogP contribution in [0.4, 0.5) is 18.0 Å². The molecule has 0 saturated carbocycles. The standard InChI is InChI=1S/C15H28F3N5O2/c1-3-25-14(24)23-9-5-12(6-10-23)21-13(19)20-7-4-8-22(2)11-15(16,17)18/h12H,3-11H2,1-2H3,(H3,19,20,21). The molecule has 7 nitrogen and oxygen atoms in total. The Morgan fingerprint density at radius 1 is 1.40 bits per heavy atom. The number of nitrogens with zero attached hydrogens (tertiary/aromatic N) is 3. The number of piperidine rings is 1. The molecule has 0 radical (unpaired) electrons. The van der Waals surface area contributed by atoms with Gasteiger partial charge in [0, 0.05) is 25.7 Å². The van der Waals surface area contributed by atoms with Gasteiger partial charge >= 0.3 is 12.3 Å². The Bertz CT molecular complexity index is 437. The van der Waals surface area contributed by atoms with Crippen LogP contribution < -0.4 is 11.1 Å². The molecule has 1 amide bonds. The first-order valence-electron chi connectivity index (χ1n) is 8.44. The molecule has 0 aromatic carbocycles. The average Bonchev–Trinajstić information content (AvgIpc) is 2.51. The number of nitrogens with two attached hydrogens (primary N) is 1. The van der Waals surface area contributed by atoms with Crippen LogP contribution in [0, 0.1) is 0 Å². The molecule has 0 atom stereocenters. The lowest BCUT2D eigenvalue weighted by atomic mass is 10.1. The third-order valence-electron chi connectivity index (χ3n) is 3.80. The summed E-state index contributed by atoms with van der Waals surface area (Å²) in [6, 6.07) is 0.127. The maximum atomic E-state index is 12.2. The predicted molar refractivity (Wildman–Crippen MR) is 89.4 cm³/mol. The fourth-order valence-corrected chi connectivity index (χ4v) is 2.60. The van der Waals surface area contributed by atoms with Crippen molar-refractivity contribution < 1.29 is 22.7 Å². The molecule has 0 unspecified atom stereocenters. The van der Waals surface area contributed by atoms with Crippen molar-refractivity contribution in [2.75, 3.05) is 46.4 Å². The number of aliphatic imine (C=N–C) groups is 1. The lowest BCUT2D eigenvalue weighted by Crippen LogP contribution is -2.48. The van der Waals surface area contributed by atoms with Gasteiger partial charge in [-0.3, -0.25) is 9.89 Å². The van der Waals surface area contributed by atoms with E-state index in [2.05, 4.69) is 10.3 Å². The molecule has 0 bridgehead atoms. The molecule has 1 aliphatic rings. The zero-order valence-corrected chi connectivity index (χ0v) is 14.8. The summed E-state index contributed by atoms with van der Waals surface area (Å²) in [7, 11) is 1.43. The number of alkyl halides is 3. The van der Waals surface area contributed by atoms with Crippen molar-refractivity contribution in [3.05, 3.63) is 0 Å². The number of carbonyl (C=O) groups is 1. The molecule has 1 fully saturated rings. The summed E-state index contributed by atoms with van der Waals surface area (Å²) in [6.07, 6.45) is -2.51. The van der Waals surface area contributed by atoms with Gasteiger partial charge in [0.1, 0.15) is 0 Å². The lowest BCUT2D eigenvalue weighted by Gasteiger charge is -2.31. The smallest absolute Gasteiger partial charge is 0.409 e. The monoisotopic (exact) mass is 367 g/mol. The van der Waals surface area contributed by atoms with E-state index in [1.54, 1.807) is 11.8 Å². The van der Waals surface area contributed by atoms with Crippen LogP contribution in [0.1, 0.15) is 26.2 Å². The fraction of sp³-hybridized carbons (Fsp3) is 0.867. The Kier molecular flexibility index (Phi) is 8.81. The summed E-state index contributed by atoms with van der Waals surface area (Å²) >= 11 is 0. The third-order valence-corrected chi connectivity index (χ3v) is 3.80. The van der Waals surface area contributed by atoms with Gasteiger partial charge < -0.3 is 20.7 Å². The van der Waals surface area contributed by atoms with Crippen molar-refractivity contribution in [3.63, 3.8) is 0 Å². The minimum Gasteiger partial charge on any atom is -0.450 e. The van der Waals surface area contributed by atoms with E-state index in [0.717, 1.165) is 12.8 Å². The molecule has 1 aliphatic heterocycles. The Balaban J connectivity index is 2.21. The van der Waals surface area contributed by atoms with Gasteiger partial charge in [-0.15, -0.1) is 0 Å². The Hall–Kier alpha value is -1.71. The average molecular weight is 367 g/mol. The van der Waals surface area contributed by atoms with Crippen molar-refractivity contribution in [2.24, 2.45) is 10.7 Å². The summed E-state index contributed by atoms with van der Waals surface area (Å²) in [4.78, 5) is 18.6. The van der Waals surface area contributed by atoms with Crippen molar-refractivity contribution in [3.8, 4) is 0 Å². The maximum Gasteiger partial charge on any atom is 0.409 e. The van der Waals surface area contributed by atoms with Gasteiger partial charge in [-0.1, -0.05) is 0 Å². The van der Waals surface area contributed by atoms with Crippen molar-refractivity contribution >= 4 is 12.1 Å². The third kappa shape index (κ3) is 9.37. The number of carbonyl (C=O) groups excluding carboxylic acids is 1. The van der Waals surface area contributed by atoms with E-state index in [1.165, 1.54) is 11.9 Å². The quantitative estimate of drug-likeness (QED) is 0.404. The number of rotatable bonds is 7. The largest absolute Gasteiger partial charge is 0.450 e. The number of nitrogens with one attached hydrogen (secondary N) is 1. The molecule has 0 aliphatic carbocycles. The molecule has 1 heterocycles. The Morgan fingerprint density at radius 3 is 2.60 bits per heavy atom. The van der Waals surface area contributed by atoms with Crippen LogP contribution in [0.2, 0.25) is 0 Å². The second-order valence-corrected chi connectivity index (χ2v) is 6.08. The second-order valence-electron chi connectivity index (χ2n) is 6.08. The van der Waals surface area contributed by atoms with Gasteiger partial charge in [0.15, 0.2) is 5.96 Å². The van der Waals surface area contributed by atoms with Crippen molar-refractivity contribution in [2.45, 2.75) is 38.4 Å². The number of ether oxygens (including phenoxy) is 1. The SMILES string of the molecule is CCOC(=O)N1CCC(NC(N)=NCCCN(C)CC(F)(F)F)CC1. The first-order chi connectivity index (χ1) is 11.7. The van der Waals surface area contributed by atoms with Gasteiger partial charge in [-0.2, -0.15) is 13.2 Å². The molecule has 146 valence electrons. The highest BCUT2D eigenvalue weighted by atomic mass is 19.4. The summed E-state index contributed by atoms with van der Waals surface area (Å²) in [5.41, 5.74) is 5.81. The van der Waals surface area contributed by atoms with Crippen LogP contribution in [0.5, 0.6) is 0 Å². The molecule has 0 aromatic heterocycles. The highest BCUT2D eigenvalue weighted by molar-refractivity contribution is 5.78. The van der Waals surface area contributed by atoms with Crippen molar-refractivity contribution in [1.82, 2.24) is 15.1 Å². The Morgan fingerprint density at radius 2 is 2.04 bits per heavy atom. The van der Waals surface area contributed by atoms with Gasteiger partial charge in [0.05, 0.1) is 13.2 Å². The van der Waals surface area contributed by atoms with Gasteiger partial charge in [-0.25, -0.2) is 4.79 Å². The summed E-state index contributed by atoms with van der Waals surface area (Å²) in [5.74, 6) is 0.285. The van der Waals surface area contributed by atoms with E-state index in [9.17, 15) is 18.0 Å². The molecular weight excluding hydrogens is 339 g/mol. The van der Waals surface area contributed by atoms with E-state index in [0.29, 0.717) is 39.2 Å². The predicted octanol–water partition coefficient (Wildman–Crippen LogP) is 1.40. The molecule has 0 spiro atoms. The van der Waals surface area contributed by atoms with Crippen molar-refractivity contribution in [1.29, 1.82) is 0 Å². The topological polar surface area (TPSA) is 83.2 Å². The molecule has 1 saturated heterocycles. The summed E-state index contributed by atoms with van der Waals surface area (Å²) in [6.45, 7) is 3.04. The fourth-order valence-electron chi connectivity index (χ4n) is 2.60. The molecule has 10 heteroatoms. The van der Waals surface area contributed by atoms with Crippen LogP contribution in [0.25, 0.3) is 0 Å². The molecule has 0 aromatic rings. The number of hydrogen-bond donors (Lipinski definition) is 2. The normalized spacial score (nSPS) is 17.0. The second kappa shape index (κ2) is 10.3. The molecule has 3 N–H and O–H groups in total. The minimum absolute atomic E-state index is 0.127. The number of hydrogen-bond acceptors (Lipinski definition) is 4. The van der Waals surface area contributed by atoms with E-state index < -0.39 is 12.7 Å². The van der Waals surface area contributed by atoms with Crippen LogP contribution in [0.3, 0.4) is 0 Å². The maximum absolute atomic E-state index is 12.2. The van der Waals surface area contributed by atoms with E-state index in [1.807, 2.05) is 0 Å². The van der Waals surface area contributed by atoms with E-state index in [4.69, 9.17) is 10.5 Å². The van der Waals surface area contributed by atoms with E-state index >= 15 is 0 Å². The first kappa shape index (κ1) is 21.3. The van der Waals surface area contributed by atoms with Crippen LogP contribution in [-0.2, 0) is 4.74 Å². The number of likely N-dealkylation sites (tertiary alicyclic amines) is 1. The minimum atomic E-state index is -4.18. The molecular formula is C15H28F3N5O2. The summed E-state index contributed by atoms with van der Waals surface area (Å²) < 4.78 is 41.5. The highest BCUT2D eigenvalue weighted by Gasteiger charge is 2.28. The van der Waals surface area contributed by atoms with Gasteiger partial charge in [0.2, 0.25) is 0 Å². The van der Waals surface area contributed by atoms with Crippen LogP contribution in [0.15, 0.2) is 4.99 Å². The summed E-state index contributed by atoms with van der Waals surface area (Å²) in [5, 5.41) is 3.09.